The third-order valence-electron chi connectivity index (χ3n) is 7.78. The number of nitrogens with zero attached hydrogens (tertiary/aromatic N) is 4. The summed E-state index contributed by atoms with van der Waals surface area (Å²) in [6.07, 6.45) is 12.8. The van der Waals surface area contributed by atoms with Crippen LogP contribution in [0.5, 0.6) is 17.8 Å². The van der Waals surface area contributed by atoms with Crippen molar-refractivity contribution in [2.45, 2.75) is 58.5 Å². The maximum absolute atomic E-state index is 10.8. The number of nitrogen functional groups attached to an aromatic ring is 2. The number of aliphatic hydroxyl groups excluding tert-OH is 1. The lowest BCUT2D eigenvalue weighted by molar-refractivity contribution is 0.111. The van der Waals surface area contributed by atoms with Crippen LogP contribution in [0.3, 0.4) is 0 Å². The van der Waals surface area contributed by atoms with Crippen LogP contribution in [0, 0.1) is 6.08 Å². The van der Waals surface area contributed by atoms with Gasteiger partial charge in [-0.2, -0.15) is 15.0 Å². The van der Waals surface area contributed by atoms with E-state index in [9.17, 15) is 14.7 Å². The number of unbranched alkanes of at least 4 members (excludes halogenated alkanes) is 2. The Morgan fingerprint density at radius 3 is 1.94 bits per heavy atom. The van der Waals surface area contributed by atoms with Gasteiger partial charge in [-0.3, -0.25) is 9.59 Å². The highest BCUT2D eigenvalue weighted by atomic mass is 16.5. The Bertz CT molecular complexity index is 1790. The molecule has 12 heteroatoms. The fourth-order valence-electron chi connectivity index (χ4n) is 4.88. The summed E-state index contributed by atoms with van der Waals surface area (Å²) < 4.78 is 15.9. The predicted octanol–water partition coefficient (Wildman–Crippen LogP) is 5.84. The maximum Gasteiger partial charge on any atom is 0.339 e. The van der Waals surface area contributed by atoms with Crippen LogP contribution in [0.15, 0.2) is 54.6 Å². The van der Waals surface area contributed by atoms with E-state index in [0.29, 0.717) is 71.7 Å². The van der Waals surface area contributed by atoms with Crippen LogP contribution < -0.4 is 25.7 Å². The first-order valence-electron chi connectivity index (χ1n) is 16.5. The van der Waals surface area contributed by atoms with Gasteiger partial charge in [0.25, 0.3) is 0 Å². The van der Waals surface area contributed by atoms with Crippen molar-refractivity contribution >= 4 is 35.9 Å². The van der Waals surface area contributed by atoms with Crippen LogP contribution in [-0.4, -0.2) is 57.9 Å². The molecule has 0 amide bonds. The molecule has 0 saturated heterocycles. The van der Waals surface area contributed by atoms with Gasteiger partial charge in [0.15, 0.2) is 11.9 Å². The fourth-order valence-corrected chi connectivity index (χ4v) is 4.88. The summed E-state index contributed by atoms with van der Waals surface area (Å²) in [7, 11) is 1.59. The number of fused-ring (bicyclic) bond motifs is 2. The highest BCUT2D eigenvalue weighted by molar-refractivity contribution is 5.78. The molecule has 0 saturated carbocycles. The number of methoxy groups -OCH3 is 1. The number of nitrogens with two attached hydrogens (primary N) is 2. The zero-order valence-corrected chi connectivity index (χ0v) is 28.6. The molecule has 0 spiro atoms. The second-order valence-corrected chi connectivity index (χ2v) is 11.3. The van der Waals surface area contributed by atoms with Gasteiger partial charge in [0.1, 0.15) is 42.2 Å². The van der Waals surface area contributed by atoms with Crippen molar-refractivity contribution in [1.82, 2.24) is 19.9 Å². The average Bonchev–Trinajstić information content (AvgIpc) is 3.81. The number of hydrogen-bond acceptors (Lipinski definition) is 12. The Morgan fingerprint density at radius 2 is 1.38 bits per heavy atom. The molecule has 0 bridgehead atoms. The molecule has 260 valence electrons. The number of aliphatic hydroxyl groups is 1. The quantitative estimate of drug-likeness (QED) is 0.0872. The minimum atomic E-state index is -0.847. The van der Waals surface area contributed by atoms with Gasteiger partial charge in [0.05, 0.1) is 32.1 Å². The van der Waals surface area contributed by atoms with E-state index in [1.54, 1.807) is 55.6 Å². The molecule has 0 radical (unpaired) electrons. The molecule has 2 aromatic heterocycles. The van der Waals surface area contributed by atoms with E-state index in [4.69, 9.17) is 25.7 Å². The summed E-state index contributed by atoms with van der Waals surface area (Å²) >= 11 is 0. The van der Waals surface area contributed by atoms with Crippen molar-refractivity contribution in [1.29, 1.82) is 0 Å². The van der Waals surface area contributed by atoms with Crippen molar-refractivity contribution < 1.29 is 28.9 Å². The van der Waals surface area contributed by atoms with E-state index in [2.05, 4.69) is 39.9 Å². The number of ether oxygens (including phenoxy) is 3. The molecule has 12 nitrogen and oxygen atoms in total. The first-order chi connectivity index (χ1) is 24.3. The highest BCUT2D eigenvalue weighted by Gasteiger charge is 2.27. The third kappa shape index (κ3) is 9.91. The molecular formula is C38H43N6O6+. The Kier molecular flexibility index (Phi) is 13.9. The fraction of sp³-hybridized carbons (Fsp3) is 0.316. The number of hydrogen-bond donors (Lipinski definition) is 3. The van der Waals surface area contributed by atoms with Gasteiger partial charge in [-0.1, -0.05) is 62.0 Å². The monoisotopic (exact) mass is 679 g/mol. The molecule has 2 aliphatic rings. The maximum atomic E-state index is 10.8. The predicted molar refractivity (Wildman–Crippen MR) is 192 cm³/mol. The normalized spacial score (nSPS) is 12.4. The van der Waals surface area contributed by atoms with Gasteiger partial charge in [0.2, 0.25) is 5.69 Å². The molecule has 0 fully saturated rings. The molecule has 50 heavy (non-hydrogen) atoms. The molecule has 4 aromatic rings. The Hall–Kier alpha value is -5.71. The van der Waals surface area contributed by atoms with E-state index < -0.39 is 6.10 Å². The molecule has 2 heterocycles. The van der Waals surface area contributed by atoms with Crippen molar-refractivity contribution in [2.24, 2.45) is 0 Å². The minimum absolute atomic E-state index is 0.237. The first-order valence-corrected chi connectivity index (χ1v) is 16.5. The van der Waals surface area contributed by atoms with Gasteiger partial charge in [-0.25, -0.2) is 0 Å². The number of carbonyl (C=O) groups excluding carboxylic acids is 2. The Labute approximate surface area is 292 Å². The van der Waals surface area contributed by atoms with Crippen molar-refractivity contribution in [3.05, 3.63) is 99.9 Å². The summed E-state index contributed by atoms with van der Waals surface area (Å²) in [6, 6.07) is 14.4. The number of carbonyl (C=O) groups is 2. The number of rotatable bonds is 13. The molecule has 5 N–H and O–H groups in total. The van der Waals surface area contributed by atoms with Crippen LogP contribution >= 0.6 is 0 Å². The summed E-state index contributed by atoms with van der Waals surface area (Å²) in [5.41, 5.74) is 17.7. The molecule has 0 aliphatic heterocycles. The Balaban J connectivity index is 0.000000189. The number of allylic oxidation sites excluding steroid dienone is 2. The van der Waals surface area contributed by atoms with E-state index in [1.807, 2.05) is 12.2 Å². The van der Waals surface area contributed by atoms with E-state index in [1.165, 1.54) is 0 Å². The van der Waals surface area contributed by atoms with Gasteiger partial charge < -0.3 is 30.8 Å². The molecule has 2 aliphatic carbocycles. The van der Waals surface area contributed by atoms with Crippen LogP contribution in [0.2, 0.25) is 0 Å². The smallest absolute Gasteiger partial charge is 0.339 e. The van der Waals surface area contributed by atoms with Crippen molar-refractivity contribution in [3.63, 3.8) is 0 Å². The second kappa shape index (κ2) is 18.7. The average molecular weight is 680 g/mol. The summed E-state index contributed by atoms with van der Waals surface area (Å²) in [6.45, 7) is 5.36. The molecule has 1 atom stereocenters. The van der Waals surface area contributed by atoms with Crippen LogP contribution in [0.25, 0.3) is 11.6 Å². The Morgan fingerprint density at radius 1 is 0.820 bits per heavy atom. The van der Waals surface area contributed by atoms with Gasteiger partial charge in [0, 0.05) is 22.3 Å². The van der Waals surface area contributed by atoms with Crippen molar-refractivity contribution in [3.8, 4) is 17.8 Å². The SMILES string of the molecule is CCCCOc1nc(N)c2c(n1)C(C(O)c1ccc(C=O)cc1)=CC2.CCCCOc1nc(N)c2c(n1)C=[C+]C2.COc1ccc(C=O)cc1. The minimum Gasteiger partial charge on any atom is -0.497 e. The lowest BCUT2D eigenvalue weighted by Gasteiger charge is -2.15. The lowest BCUT2D eigenvalue weighted by Crippen LogP contribution is -2.09. The largest absolute Gasteiger partial charge is 0.497 e. The van der Waals surface area contributed by atoms with Crippen LogP contribution in [-0.2, 0) is 12.8 Å². The summed E-state index contributed by atoms with van der Waals surface area (Å²) in [4.78, 5) is 37.9. The number of aldehydes is 2. The van der Waals surface area contributed by atoms with E-state index >= 15 is 0 Å². The number of anilines is 2. The number of benzene rings is 2. The first kappa shape index (κ1) is 37.1. The molecular weight excluding hydrogens is 636 g/mol. The van der Waals surface area contributed by atoms with Crippen LogP contribution in [0.1, 0.15) is 94.4 Å². The van der Waals surface area contributed by atoms with Crippen LogP contribution in [0.4, 0.5) is 11.6 Å². The third-order valence-corrected chi connectivity index (χ3v) is 7.78. The summed E-state index contributed by atoms with van der Waals surface area (Å²) in [5.74, 6) is 1.66. The topological polar surface area (TPSA) is 186 Å². The lowest BCUT2D eigenvalue weighted by atomic mass is 9.99. The van der Waals surface area contributed by atoms with E-state index in [0.717, 1.165) is 60.8 Å². The standard InChI is InChI=1S/C19H21N3O3.C11H14N3O.C8H8O2/c1-2-3-10-25-19-21-16-14(8-9-15(16)18(20)22-19)17(24)13-6-4-12(11-23)5-7-13;1-2-3-7-15-11-13-9-6-4-5-8(9)10(12)14-11;1-10-8-4-2-7(6-9)3-5-8/h4-8,11,17,24H,2-3,9-10H2,1H3,(H2,20,21,22);6H,2-3,5,7H2,1H3,(H2,12,13,14);2-6H,1H3/q;+1;. The summed E-state index contributed by atoms with van der Waals surface area (Å²) in [5, 5.41) is 10.7. The zero-order valence-electron chi connectivity index (χ0n) is 28.6. The van der Waals surface area contributed by atoms with Gasteiger partial charge in [-0.05, 0) is 49.1 Å². The van der Waals surface area contributed by atoms with E-state index in [-0.39, 0.29) is 6.01 Å². The zero-order chi connectivity index (χ0) is 35.9. The van der Waals surface area contributed by atoms with Crippen molar-refractivity contribution in [2.75, 3.05) is 31.8 Å². The molecule has 1 unspecified atom stereocenters. The molecule has 6 rings (SSSR count). The van der Waals surface area contributed by atoms with Gasteiger partial charge in [-0.15, -0.1) is 0 Å². The highest BCUT2D eigenvalue weighted by Crippen LogP contribution is 2.38. The van der Waals surface area contributed by atoms with Gasteiger partial charge >= 0.3 is 12.0 Å². The number of aromatic nitrogens is 4. The second-order valence-electron chi connectivity index (χ2n) is 11.3. The molecule has 2 aromatic carbocycles.